The normalized spacial score (nSPS) is 11.8. The van der Waals surface area contributed by atoms with E-state index in [0.717, 1.165) is 4.88 Å². The molecule has 2 aromatic rings. The van der Waals surface area contributed by atoms with Crippen LogP contribution in [0.1, 0.15) is 35.1 Å². The number of aromatic hydroxyl groups is 1. The van der Waals surface area contributed by atoms with Gasteiger partial charge in [-0.25, -0.2) is 4.79 Å². The number of carbonyl (C=O) groups excluding carboxylic acids is 2. The summed E-state index contributed by atoms with van der Waals surface area (Å²) < 4.78 is 9.95. The van der Waals surface area contributed by atoms with E-state index < -0.39 is 18.5 Å². The van der Waals surface area contributed by atoms with Crippen molar-refractivity contribution in [2.45, 2.75) is 19.9 Å². The summed E-state index contributed by atoms with van der Waals surface area (Å²) in [5.41, 5.74) is -0.0502. The van der Waals surface area contributed by atoms with Gasteiger partial charge in [-0.15, -0.1) is 11.3 Å². The lowest BCUT2D eigenvalue weighted by Gasteiger charge is -2.21. The van der Waals surface area contributed by atoms with Gasteiger partial charge in [-0.1, -0.05) is 26.0 Å². The van der Waals surface area contributed by atoms with Crippen molar-refractivity contribution < 1.29 is 24.2 Å². The average molecular weight is 363 g/mol. The minimum atomic E-state index is -0.788. The van der Waals surface area contributed by atoms with E-state index in [2.05, 4.69) is 5.32 Å². The maximum Gasteiger partial charge on any atom is 0.342 e. The van der Waals surface area contributed by atoms with E-state index in [1.165, 1.54) is 19.2 Å². The first-order valence-corrected chi connectivity index (χ1v) is 8.67. The SMILES string of the molecule is COc1cccc(C(=O)OCC(=O)N[C@H](c2cccs2)C(C)C)c1O. The van der Waals surface area contributed by atoms with E-state index in [-0.39, 0.29) is 29.0 Å². The Balaban J connectivity index is 1.96. The summed E-state index contributed by atoms with van der Waals surface area (Å²) in [4.78, 5) is 25.2. The number of phenols is 1. The number of benzene rings is 1. The highest BCUT2D eigenvalue weighted by Crippen LogP contribution is 2.30. The van der Waals surface area contributed by atoms with E-state index in [1.807, 2.05) is 31.4 Å². The number of hydrogen-bond donors (Lipinski definition) is 2. The molecule has 0 aliphatic rings. The van der Waals surface area contributed by atoms with E-state index in [9.17, 15) is 14.7 Å². The fraction of sp³-hybridized carbons (Fsp3) is 0.333. The van der Waals surface area contributed by atoms with Gasteiger partial charge in [0.25, 0.3) is 5.91 Å². The summed E-state index contributed by atoms with van der Waals surface area (Å²) in [6, 6.07) is 8.22. The summed E-state index contributed by atoms with van der Waals surface area (Å²) in [6.45, 7) is 3.58. The minimum Gasteiger partial charge on any atom is -0.504 e. The molecule has 0 radical (unpaired) electrons. The molecule has 2 N–H and O–H groups in total. The van der Waals surface area contributed by atoms with Gasteiger partial charge in [0.1, 0.15) is 5.56 Å². The summed E-state index contributed by atoms with van der Waals surface area (Å²) >= 11 is 1.56. The Kier molecular flexibility index (Phi) is 6.41. The summed E-state index contributed by atoms with van der Waals surface area (Å²) in [6.07, 6.45) is 0. The largest absolute Gasteiger partial charge is 0.504 e. The van der Waals surface area contributed by atoms with Gasteiger partial charge in [0.05, 0.1) is 13.2 Å². The van der Waals surface area contributed by atoms with Crippen LogP contribution in [-0.2, 0) is 9.53 Å². The maximum absolute atomic E-state index is 12.1. The molecule has 1 heterocycles. The quantitative estimate of drug-likeness (QED) is 0.738. The molecule has 1 aromatic carbocycles. The smallest absolute Gasteiger partial charge is 0.342 e. The van der Waals surface area contributed by atoms with E-state index in [1.54, 1.807) is 17.4 Å². The number of amides is 1. The van der Waals surface area contributed by atoms with Gasteiger partial charge in [-0.05, 0) is 29.5 Å². The molecular formula is C18H21NO5S. The molecule has 0 saturated heterocycles. The molecule has 0 spiro atoms. The zero-order valence-electron chi connectivity index (χ0n) is 14.3. The van der Waals surface area contributed by atoms with Crippen molar-refractivity contribution in [1.29, 1.82) is 0 Å². The van der Waals surface area contributed by atoms with E-state index >= 15 is 0 Å². The van der Waals surface area contributed by atoms with Crippen LogP contribution >= 0.6 is 11.3 Å². The number of methoxy groups -OCH3 is 1. The molecule has 25 heavy (non-hydrogen) atoms. The lowest BCUT2D eigenvalue weighted by molar-refractivity contribution is -0.125. The summed E-state index contributed by atoms with van der Waals surface area (Å²) in [5, 5.41) is 14.8. The lowest BCUT2D eigenvalue weighted by atomic mass is 10.0. The molecule has 7 heteroatoms. The number of rotatable bonds is 7. The molecule has 0 aliphatic heterocycles. The first kappa shape index (κ1) is 18.8. The van der Waals surface area contributed by atoms with Crippen molar-refractivity contribution in [3.05, 3.63) is 46.2 Å². The van der Waals surface area contributed by atoms with Crippen LogP contribution in [0.3, 0.4) is 0 Å². The third-order valence-electron chi connectivity index (χ3n) is 3.61. The second-order valence-corrected chi connectivity index (χ2v) is 6.72. The predicted molar refractivity (Wildman–Crippen MR) is 95.0 cm³/mol. The number of thiophene rings is 1. The zero-order chi connectivity index (χ0) is 18.4. The van der Waals surface area contributed by atoms with Crippen LogP contribution in [0.2, 0.25) is 0 Å². The van der Waals surface area contributed by atoms with Crippen molar-refractivity contribution in [1.82, 2.24) is 5.32 Å². The Bertz CT molecular complexity index is 727. The van der Waals surface area contributed by atoms with Crippen molar-refractivity contribution in [3.8, 4) is 11.5 Å². The summed E-state index contributed by atoms with van der Waals surface area (Å²) in [7, 11) is 1.38. The van der Waals surface area contributed by atoms with Crippen molar-refractivity contribution in [2.24, 2.45) is 5.92 Å². The fourth-order valence-corrected chi connectivity index (χ4v) is 3.26. The molecule has 0 fully saturated rings. The third-order valence-corrected chi connectivity index (χ3v) is 4.56. The van der Waals surface area contributed by atoms with Gasteiger partial charge in [0.2, 0.25) is 0 Å². The van der Waals surface area contributed by atoms with Crippen molar-refractivity contribution in [2.75, 3.05) is 13.7 Å². The van der Waals surface area contributed by atoms with Gasteiger partial charge in [-0.2, -0.15) is 0 Å². The van der Waals surface area contributed by atoms with Crippen molar-refractivity contribution >= 4 is 23.2 Å². The molecule has 134 valence electrons. The molecule has 0 saturated carbocycles. The number of nitrogens with one attached hydrogen (secondary N) is 1. The molecule has 0 bridgehead atoms. The molecule has 2 rings (SSSR count). The second-order valence-electron chi connectivity index (χ2n) is 5.74. The lowest BCUT2D eigenvalue weighted by Crippen LogP contribution is -2.34. The first-order valence-electron chi connectivity index (χ1n) is 7.80. The topological polar surface area (TPSA) is 84.9 Å². The van der Waals surface area contributed by atoms with Gasteiger partial charge in [-0.3, -0.25) is 4.79 Å². The fourth-order valence-electron chi connectivity index (χ4n) is 2.31. The molecule has 1 amide bonds. The maximum atomic E-state index is 12.1. The average Bonchev–Trinajstić information content (AvgIpc) is 3.11. The van der Waals surface area contributed by atoms with E-state index in [4.69, 9.17) is 9.47 Å². The molecule has 1 aromatic heterocycles. The van der Waals surface area contributed by atoms with Crippen LogP contribution in [0.5, 0.6) is 11.5 Å². The van der Waals surface area contributed by atoms with E-state index in [0.29, 0.717) is 0 Å². The predicted octanol–water partition coefficient (Wildman–Crippen LogP) is 3.13. The van der Waals surface area contributed by atoms with Gasteiger partial charge < -0.3 is 19.9 Å². The van der Waals surface area contributed by atoms with Crippen LogP contribution in [-0.4, -0.2) is 30.7 Å². The number of esters is 1. The van der Waals surface area contributed by atoms with Gasteiger partial charge in [0.15, 0.2) is 18.1 Å². The Morgan fingerprint density at radius 2 is 2.00 bits per heavy atom. The Labute approximate surface area is 150 Å². The monoisotopic (exact) mass is 363 g/mol. The standard InChI is InChI=1S/C18H21NO5S/c1-11(2)16(14-8-5-9-25-14)19-15(20)10-24-18(22)12-6-4-7-13(23-3)17(12)21/h4-9,11,16,21H,10H2,1-3H3,(H,19,20)/t16-/m0/s1. The van der Waals surface area contributed by atoms with Crippen molar-refractivity contribution in [3.63, 3.8) is 0 Å². The zero-order valence-corrected chi connectivity index (χ0v) is 15.1. The minimum absolute atomic E-state index is 0.0502. The molecule has 1 atom stereocenters. The van der Waals surface area contributed by atoms with Crippen LogP contribution in [0.25, 0.3) is 0 Å². The highest BCUT2D eigenvalue weighted by Gasteiger charge is 2.21. The first-order chi connectivity index (χ1) is 11.9. The van der Waals surface area contributed by atoms with Gasteiger partial charge >= 0.3 is 5.97 Å². The number of phenolic OH excluding ortho intramolecular Hbond substituents is 1. The highest BCUT2D eigenvalue weighted by molar-refractivity contribution is 7.10. The van der Waals surface area contributed by atoms with Crippen LogP contribution in [0.15, 0.2) is 35.7 Å². The number of ether oxygens (including phenoxy) is 2. The van der Waals surface area contributed by atoms with Crippen LogP contribution in [0, 0.1) is 5.92 Å². The Morgan fingerprint density at radius 1 is 1.24 bits per heavy atom. The highest BCUT2D eigenvalue weighted by atomic mass is 32.1. The Hall–Kier alpha value is -2.54. The van der Waals surface area contributed by atoms with Crippen LogP contribution < -0.4 is 10.1 Å². The molecular weight excluding hydrogens is 342 g/mol. The molecule has 6 nitrogen and oxygen atoms in total. The number of hydrogen-bond acceptors (Lipinski definition) is 6. The molecule has 0 aliphatic carbocycles. The summed E-state index contributed by atoms with van der Waals surface area (Å²) in [5.74, 6) is -1.14. The van der Waals surface area contributed by atoms with Gasteiger partial charge in [0, 0.05) is 4.88 Å². The third kappa shape index (κ3) is 4.73. The second kappa shape index (κ2) is 8.53. The Morgan fingerprint density at radius 3 is 2.60 bits per heavy atom. The number of para-hydroxylation sites is 1. The van der Waals surface area contributed by atoms with Crippen LogP contribution in [0.4, 0.5) is 0 Å². The number of carbonyl (C=O) groups is 2. The molecule has 0 unspecified atom stereocenters.